The van der Waals surface area contributed by atoms with Crippen LogP contribution in [0.15, 0.2) is 103 Å². The highest BCUT2D eigenvalue weighted by atomic mass is 16.5. The fourth-order valence-corrected chi connectivity index (χ4v) is 5.67. The Kier molecular flexibility index (Phi) is 13.9. The number of ether oxygens (including phenoxy) is 2. The van der Waals surface area contributed by atoms with Crippen molar-refractivity contribution in [3.63, 3.8) is 0 Å². The maximum atomic E-state index is 13.1. The number of phenols is 3. The van der Waals surface area contributed by atoms with Gasteiger partial charge in [-0.25, -0.2) is 4.79 Å². The predicted octanol–water partition coefficient (Wildman–Crippen LogP) is 5.86. The average molecular weight is 824 g/mol. The summed E-state index contributed by atoms with van der Waals surface area (Å²) in [6, 6.07) is 24.4. The lowest BCUT2D eigenvalue weighted by molar-refractivity contribution is -0.118. The molecule has 4 amide bonds. The second-order valence-electron chi connectivity index (χ2n) is 13.0. The Morgan fingerprint density at radius 3 is 1.93 bits per heavy atom. The molecule has 0 radical (unpaired) electrons. The number of anilines is 3. The first-order valence-electron chi connectivity index (χ1n) is 18.1. The van der Waals surface area contributed by atoms with Gasteiger partial charge >= 0.3 is 5.97 Å². The van der Waals surface area contributed by atoms with E-state index in [0.29, 0.717) is 22.5 Å². The minimum absolute atomic E-state index is 0.0542. The van der Waals surface area contributed by atoms with Gasteiger partial charge in [0.1, 0.15) is 17.4 Å². The molecule has 0 aromatic heterocycles. The Balaban J connectivity index is 1.20. The van der Waals surface area contributed by atoms with E-state index in [9.17, 15) is 49.7 Å². The normalized spacial score (nSPS) is 11.1. The number of hydrogen-bond donors (Lipinski definition) is 8. The van der Waals surface area contributed by atoms with Gasteiger partial charge in [0.15, 0.2) is 23.0 Å². The zero-order valence-electron chi connectivity index (χ0n) is 32.7. The standard InChI is InChI=1S/C45H37N5O11/c1-25(24-27-7-17-32(51)18-8-27)41(54)47-31-15-10-29(11-16-31)42(55)50-36(22-23-46)44(57)48-30-13-5-26(6-14-30)4-9-28-12-19-33(37(52)39(28)60-2)43(56)49-35-21-20-34(45(58)59)38(53)40(35)61-3/h5-8,10-21,24,36,51-53H,22H2,1-3H3,(H,47,54)(H,48,57)(H,49,56)(H,50,55)(H,58,59)/b25-24+/t36-/m0/s1. The van der Waals surface area contributed by atoms with Crippen molar-refractivity contribution in [1.29, 1.82) is 5.26 Å². The number of nitrogens with zero attached hydrogens (tertiary/aromatic N) is 1. The maximum Gasteiger partial charge on any atom is 0.339 e. The summed E-state index contributed by atoms with van der Waals surface area (Å²) in [7, 11) is 2.45. The van der Waals surface area contributed by atoms with E-state index in [1.165, 1.54) is 68.8 Å². The molecule has 61 heavy (non-hydrogen) atoms. The average Bonchev–Trinajstić information content (AvgIpc) is 3.24. The molecular formula is C45H37N5O11. The van der Waals surface area contributed by atoms with Gasteiger partial charge in [-0.05, 0) is 103 Å². The first-order valence-corrected chi connectivity index (χ1v) is 18.1. The van der Waals surface area contributed by atoms with E-state index in [1.54, 1.807) is 49.4 Å². The van der Waals surface area contributed by atoms with Gasteiger partial charge < -0.3 is 51.2 Å². The number of carbonyl (C=O) groups is 5. The molecule has 16 nitrogen and oxygen atoms in total. The minimum Gasteiger partial charge on any atom is -0.508 e. The quantitative estimate of drug-likeness (QED) is 0.0513. The van der Waals surface area contributed by atoms with E-state index in [2.05, 4.69) is 33.1 Å². The molecule has 0 aliphatic carbocycles. The van der Waals surface area contributed by atoms with Crippen LogP contribution in [-0.4, -0.2) is 70.3 Å². The van der Waals surface area contributed by atoms with Crippen LogP contribution in [0.1, 0.15) is 61.1 Å². The van der Waals surface area contributed by atoms with Crippen molar-refractivity contribution in [1.82, 2.24) is 5.32 Å². The Labute approximate surface area is 348 Å². The highest BCUT2D eigenvalue weighted by molar-refractivity contribution is 6.09. The fraction of sp³-hybridized carbons (Fsp3) is 0.111. The molecule has 5 rings (SSSR count). The van der Waals surface area contributed by atoms with E-state index < -0.39 is 46.8 Å². The summed E-state index contributed by atoms with van der Waals surface area (Å²) in [4.78, 5) is 63.3. The number of rotatable bonds is 13. The second-order valence-corrected chi connectivity index (χ2v) is 13.0. The number of nitrogens with one attached hydrogen (secondary N) is 4. The van der Waals surface area contributed by atoms with E-state index in [-0.39, 0.29) is 52.0 Å². The van der Waals surface area contributed by atoms with Crippen LogP contribution >= 0.6 is 0 Å². The van der Waals surface area contributed by atoms with Gasteiger partial charge in [-0.2, -0.15) is 5.26 Å². The molecule has 0 heterocycles. The number of amides is 4. The molecule has 5 aromatic carbocycles. The van der Waals surface area contributed by atoms with Crippen LogP contribution in [0.3, 0.4) is 0 Å². The summed E-state index contributed by atoms with van der Waals surface area (Å²) in [5.41, 5.74) is 2.08. The first kappa shape index (κ1) is 43.4. The molecule has 0 spiro atoms. The fourth-order valence-electron chi connectivity index (χ4n) is 5.67. The minimum atomic E-state index is -1.40. The number of carbonyl (C=O) groups excluding carboxylic acids is 4. The summed E-state index contributed by atoms with van der Waals surface area (Å²) in [5.74, 6) is 0.369. The molecule has 0 unspecified atom stereocenters. The number of aromatic carboxylic acids is 1. The summed E-state index contributed by atoms with van der Waals surface area (Å²) in [6.45, 7) is 1.63. The van der Waals surface area contributed by atoms with Crippen LogP contribution in [0.25, 0.3) is 6.08 Å². The van der Waals surface area contributed by atoms with E-state index in [4.69, 9.17) is 9.47 Å². The van der Waals surface area contributed by atoms with Crippen molar-refractivity contribution in [3.8, 4) is 46.7 Å². The van der Waals surface area contributed by atoms with E-state index in [1.807, 2.05) is 6.07 Å². The van der Waals surface area contributed by atoms with Gasteiger partial charge in [0.2, 0.25) is 5.91 Å². The Morgan fingerprint density at radius 2 is 1.31 bits per heavy atom. The smallest absolute Gasteiger partial charge is 0.339 e. The molecule has 0 fully saturated rings. The van der Waals surface area contributed by atoms with Crippen LogP contribution in [0.5, 0.6) is 28.7 Å². The molecule has 0 saturated carbocycles. The number of aromatic hydroxyl groups is 3. The van der Waals surface area contributed by atoms with Crippen molar-refractivity contribution in [2.75, 3.05) is 30.2 Å². The highest BCUT2D eigenvalue weighted by Gasteiger charge is 2.24. The molecule has 0 aliphatic rings. The number of carboxylic acids is 1. The van der Waals surface area contributed by atoms with Crippen LogP contribution in [0.4, 0.5) is 17.1 Å². The summed E-state index contributed by atoms with van der Waals surface area (Å²) in [6.07, 6.45) is 1.33. The van der Waals surface area contributed by atoms with Crippen LogP contribution in [0.2, 0.25) is 0 Å². The van der Waals surface area contributed by atoms with Gasteiger partial charge in [0.25, 0.3) is 17.7 Å². The van der Waals surface area contributed by atoms with Gasteiger partial charge in [-0.1, -0.05) is 24.0 Å². The monoisotopic (exact) mass is 823 g/mol. The topological polar surface area (TPSA) is 257 Å². The van der Waals surface area contributed by atoms with Gasteiger partial charge in [0.05, 0.1) is 43.5 Å². The van der Waals surface area contributed by atoms with Gasteiger partial charge in [-0.15, -0.1) is 0 Å². The van der Waals surface area contributed by atoms with E-state index in [0.717, 1.165) is 11.6 Å². The Hall–Kier alpha value is -8.76. The molecule has 8 N–H and O–H groups in total. The number of nitriles is 1. The van der Waals surface area contributed by atoms with Crippen molar-refractivity contribution in [2.45, 2.75) is 19.4 Å². The molecule has 16 heteroatoms. The lowest BCUT2D eigenvalue weighted by Crippen LogP contribution is -2.43. The Bertz CT molecular complexity index is 2640. The van der Waals surface area contributed by atoms with E-state index >= 15 is 0 Å². The van der Waals surface area contributed by atoms with Crippen molar-refractivity contribution in [2.24, 2.45) is 0 Å². The zero-order valence-corrected chi connectivity index (χ0v) is 32.7. The second kappa shape index (κ2) is 19.6. The lowest BCUT2D eigenvalue weighted by atomic mass is 10.1. The third-order valence-electron chi connectivity index (χ3n) is 8.85. The van der Waals surface area contributed by atoms with Gasteiger partial charge in [-0.3, -0.25) is 19.2 Å². The predicted molar refractivity (Wildman–Crippen MR) is 224 cm³/mol. The molecule has 308 valence electrons. The summed E-state index contributed by atoms with van der Waals surface area (Å²) < 4.78 is 10.4. The number of phenolic OH excluding ortho intramolecular Hbond substituents is 2. The van der Waals surface area contributed by atoms with Crippen LogP contribution in [0, 0.1) is 23.2 Å². The van der Waals surface area contributed by atoms with Crippen molar-refractivity contribution >= 4 is 52.7 Å². The largest absolute Gasteiger partial charge is 0.508 e. The SMILES string of the molecule is COc1c(C#Cc2ccc(NC(=O)[C@H](CC#N)NC(=O)c3ccc(NC(=O)/C(C)=C/c4ccc(O)cc4)cc3)cc2)ccc(C(=O)Nc2ccc(C(=O)O)c(O)c2OC)c1O. The first-order chi connectivity index (χ1) is 29.2. The van der Waals surface area contributed by atoms with Crippen LogP contribution < -0.4 is 30.7 Å². The van der Waals surface area contributed by atoms with Crippen LogP contribution in [-0.2, 0) is 9.59 Å². The number of hydrogen-bond acceptors (Lipinski definition) is 11. The molecule has 5 aromatic rings. The van der Waals surface area contributed by atoms with Crippen molar-refractivity contribution < 1.29 is 53.9 Å². The molecule has 0 aliphatic heterocycles. The number of methoxy groups -OCH3 is 2. The number of benzene rings is 5. The maximum absolute atomic E-state index is 13.1. The molecule has 1 atom stereocenters. The van der Waals surface area contributed by atoms with Crippen molar-refractivity contribution in [3.05, 3.63) is 136 Å². The molecular weight excluding hydrogens is 787 g/mol. The highest BCUT2D eigenvalue weighted by Crippen LogP contribution is 2.39. The summed E-state index contributed by atoms with van der Waals surface area (Å²) >= 11 is 0. The third-order valence-corrected chi connectivity index (χ3v) is 8.85. The van der Waals surface area contributed by atoms with Gasteiger partial charge in [0, 0.05) is 28.1 Å². The molecule has 0 saturated heterocycles. The number of carboxylic acid groups (broad SMARTS) is 1. The lowest BCUT2D eigenvalue weighted by Gasteiger charge is -2.16. The third kappa shape index (κ3) is 10.8. The molecule has 0 bridgehead atoms. The summed E-state index contributed by atoms with van der Waals surface area (Å²) in [5, 5.41) is 59.7. The zero-order chi connectivity index (χ0) is 44.2. The Morgan fingerprint density at radius 1 is 0.705 bits per heavy atom.